The molecule has 3 heterocycles. The standard InChI is InChI=1S/C25H22N4O6S2.C7H8O3S.H2O/c1-14-12-37-24-21(27-20(30)10-26-18-13-36-19-5-3-2-4-17(18)19)23(31)28(24)22(14)25(32)35-11-15-6-8-16(9-7-15)29(33)34;1-6-2-4-7(5-3-6)11(8,9)10;/h2-9,13,21,24,26H,10-12H2,1H3,(H,27,30);2-5H,1H3,(H,8,9,10);1H2/t21?,24-;;/m0../s1. The monoisotopic (exact) mass is 728 g/mol. The van der Waals surface area contributed by atoms with Crippen LogP contribution >= 0.6 is 23.1 Å². The van der Waals surface area contributed by atoms with Crippen LogP contribution in [0.2, 0.25) is 0 Å². The van der Waals surface area contributed by atoms with Gasteiger partial charge in [-0.05, 0) is 55.3 Å². The van der Waals surface area contributed by atoms with Gasteiger partial charge in [-0.2, -0.15) is 8.42 Å². The van der Waals surface area contributed by atoms with E-state index in [1.54, 1.807) is 30.4 Å². The molecule has 2 amide bonds. The number of thioether (sulfide) groups is 1. The summed E-state index contributed by atoms with van der Waals surface area (Å²) in [5, 5.41) is 19.3. The maximum atomic E-state index is 12.9. The molecule has 0 aliphatic carbocycles. The van der Waals surface area contributed by atoms with Crippen molar-refractivity contribution in [3.63, 3.8) is 0 Å². The van der Waals surface area contributed by atoms with Crippen molar-refractivity contribution in [3.8, 4) is 0 Å². The van der Waals surface area contributed by atoms with Gasteiger partial charge in [0.1, 0.15) is 23.7 Å². The Kier molecular flexibility index (Phi) is 11.8. The molecule has 0 spiro atoms. The summed E-state index contributed by atoms with van der Waals surface area (Å²) in [6, 6.07) is 18.8. The summed E-state index contributed by atoms with van der Waals surface area (Å²) >= 11 is 3.06. The average Bonchev–Trinajstić information content (AvgIpc) is 3.48. The molecule has 0 radical (unpaired) electrons. The molecule has 1 fully saturated rings. The predicted octanol–water partition coefficient (Wildman–Crippen LogP) is 4.06. The Morgan fingerprint density at radius 1 is 1.06 bits per heavy atom. The van der Waals surface area contributed by atoms with Crippen molar-refractivity contribution in [1.82, 2.24) is 10.2 Å². The number of carbonyl (C=O) groups excluding carboxylic acids is 3. The molecule has 0 bridgehead atoms. The number of anilines is 1. The largest absolute Gasteiger partial charge is 0.456 e. The molecule has 0 saturated carbocycles. The van der Waals surface area contributed by atoms with Crippen LogP contribution in [-0.4, -0.2) is 69.8 Å². The fourth-order valence-electron chi connectivity index (χ4n) is 4.92. The number of hydrogen-bond acceptors (Lipinski definition) is 11. The van der Waals surface area contributed by atoms with Crippen LogP contribution in [0.15, 0.2) is 94.3 Å². The maximum absolute atomic E-state index is 12.9. The third kappa shape index (κ3) is 8.62. The smallest absolute Gasteiger partial charge is 0.355 e. The van der Waals surface area contributed by atoms with Gasteiger partial charge in [0.2, 0.25) is 5.91 Å². The van der Waals surface area contributed by atoms with Crippen LogP contribution in [0.1, 0.15) is 18.1 Å². The highest BCUT2D eigenvalue weighted by atomic mass is 32.2. The van der Waals surface area contributed by atoms with E-state index < -0.39 is 32.4 Å². The molecule has 17 heteroatoms. The Labute approximate surface area is 289 Å². The molecule has 4 aromatic rings. The summed E-state index contributed by atoms with van der Waals surface area (Å²) in [5.41, 5.74) is 3.24. The molecular weight excluding hydrogens is 697 g/mol. The first-order valence-electron chi connectivity index (χ1n) is 14.4. The summed E-state index contributed by atoms with van der Waals surface area (Å²) in [6.45, 7) is 3.53. The van der Waals surface area contributed by atoms with Crippen LogP contribution in [0.5, 0.6) is 0 Å². The number of nitrogens with zero attached hydrogens (tertiary/aromatic N) is 2. The average molecular weight is 729 g/mol. The van der Waals surface area contributed by atoms with E-state index in [1.165, 1.54) is 53.1 Å². The van der Waals surface area contributed by atoms with Crippen molar-refractivity contribution in [1.29, 1.82) is 0 Å². The Morgan fingerprint density at radius 3 is 2.39 bits per heavy atom. The van der Waals surface area contributed by atoms with Crippen LogP contribution in [0, 0.1) is 17.0 Å². The lowest BCUT2D eigenvalue weighted by atomic mass is 10.0. The minimum absolute atomic E-state index is 0. The molecule has 2 aliphatic rings. The molecule has 14 nitrogen and oxygen atoms in total. The topological polar surface area (TPSA) is 217 Å². The lowest BCUT2D eigenvalue weighted by Crippen LogP contribution is -2.70. The second-order valence-corrected chi connectivity index (χ2v) is 14.3. The first kappa shape index (κ1) is 37.0. The molecule has 3 aromatic carbocycles. The number of esters is 1. The summed E-state index contributed by atoms with van der Waals surface area (Å²) in [5.74, 6) is -0.817. The number of nitro groups is 1. The fraction of sp³-hybridized carbons (Fsp3) is 0.219. The SMILES string of the molecule is CC1=C(C(=O)OCc2ccc([N+](=O)[O-])cc2)N2C(=O)C(NC(=O)CNc3csc4ccccc34)[C@@H]2SC1.Cc1ccc(S(=O)(=O)O)cc1.O. The summed E-state index contributed by atoms with van der Waals surface area (Å²) in [7, 11) is -4.02. The second-order valence-electron chi connectivity index (χ2n) is 10.9. The summed E-state index contributed by atoms with van der Waals surface area (Å²) in [4.78, 5) is 50.0. The number of carbonyl (C=O) groups is 3. The van der Waals surface area contributed by atoms with Crippen molar-refractivity contribution in [2.75, 3.05) is 17.6 Å². The molecule has 258 valence electrons. The zero-order valence-corrected chi connectivity index (χ0v) is 28.6. The highest BCUT2D eigenvalue weighted by molar-refractivity contribution is 8.00. The Balaban J connectivity index is 0.000000385. The summed E-state index contributed by atoms with van der Waals surface area (Å²) < 4.78 is 36.1. The van der Waals surface area contributed by atoms with Gasteiger partial charge in [0.05, 0.1) is 22.1 Å². The third-order valence-corrected chi connectivity index (χ3v) is 10.7. The van der Waals surface area contributed by atoms with E-state index in [1.807, 2.05) is 36.6 Å². The van der Waals surface area contributed by atoms with Crippen LogP contribution in [-0.2, 0) is 35.8 Å². The van der Waals surface area contributed by atoms with Gasteiger partial charge in [-0.3, -0.25) is 29.2 Å². The van der Waals surface area contributed by atoms with Crippen molar-refractivity contribution in [2.24, 2.45) is 0 Å². The Bertz CT molecular complexity index is 2010. The fourth-order valence-corrected chi connectivity index (χ4v) is 7.61. The van der Waals surface area contributed by atoms with Crippen LogP contribution in [0.3, 0.4) is 0 Å². The maximum Gasteiger partial charge on any atom is 0.355 e. The number of thiophene rings is 1. The number of β-lactam (4-membered cyclic amide) rings is 1. The third-order valence-electron chi connectivity index (χ3n) is 7.43. The Morgan fingerprint density at radius 2 is 1.73 bits per heavy atom. The van der Waals surface area contributed by atoms with E-state index in [2.05, 4.69) is 10.6 Å². The lowest BCUT2D eigenvalue weighted by Gasteiger charge is -2.49. The zero-order chi connectivity index (χ0) is 34.6. The first-order valence-corrected chi connectivity index (χ1v) is 17.8. The highest BCUT2D eigenvalue weighted by Crippen LogP contribution is 2.40. The van der Waals surface area contributed by atoms with Crippen molar-refractivity contribution in [3.05, 3.63) is 111 Å². The Hall–Kier alpha value is -4.81. The van der Waals surface area contributed by atoms with Gasteiger partial charge < -0.3 is 20.8 Å². The number of nitro benzene ring substituents is 1. The number of hydrogen-bond donors (Lipinski definition) is 3. The number of rotatable bonds is 9. The highest BCUT2D eigenvalue weighted by Gasteiger charge is 2.54. The van der Waals surface area contributed by atoms with E-state index in [4.69, 9.17) is 9.29 Å². The first-order chi connectivity index (χ1) is 22.8. The number of aryl methyl sites for hydroxylation is 1. The van der Waals surface area contributed by atoms with E-state index in [0.29, 0.717) is 16.9 Å². The van der Waals surface area contributed by atoms with Gasteiger partial charge in [0, 0.05) is 33.4 Å². The number of benzene rings is 3. The molecule has 2 atom stereocenters. The van der Waals surface area contributed by atoms with Gasteiger partial charge in [-0.1, -0.05) is 35.9 Å². The molecule has 2 aliphatic heterocycles. The van der Waals surface area contributed by atoms with Crippen LogP contribution in [0.25, 0.3) is 10.1 Å². The molecule has 5 N–H and O–H groups in total. The van der Waals surface area contributed by atoms with Crippen LogP contribution in [0.4, 0.5) is 11.4 Å². The molecule has 1 aromatic heterocycles. The molecule has 49 heavy (non-hydrogen) atoms. The summed E-state index contributed by atoms with van der Waals surface area (Å²) in [6.07, 6.45) is 0. The minimum Gasteiger partial charge on any atom is -0.456 e. The molecule has 1 unspecified atom stereocenters. The normalized spacial score (nSPS) is 16.7. The number of nitrogens with one attached hydrogen (secondary N) is 2. The van der Waals surface area contributed by atoms with Crippen LogP contribution < -0.4 is 10.6 Å². The van der Waals surface area contributed by atoms with Crippen molar-refractivity contribution < 1.29 is 42.5 Å². The number of amides is 2. The molecule has 6 rings (SSSR count). The van der Waals surface area contributed by atoms with Gasteiger partial charge in [-0.15, -0.1) is 23.1 Å². The van der Waals surface area contributed by atoms with E-state index in [9.17, 15) is 32.9 Å². The zero-order valence-electron chi connectivity index (χ0n) is 26.1. The second kappa shape index (κ2) is 15.6. The predicted molar refractivity (Wildman–Crippen MR) is 186 cm³/mol. The minimum atomic E-state index is -4.02. The van der Waals surface area contributed by atoms with Crippen molar-refractivity contribution in [2.45, 2.75) is 36.8 Å². The quantitative estimate of drug-likeness (QED) is 0.0734. The lowest BCUT2D eigenvalue weighted by molar-refractivity contribution is -0.384. The molecule has 1 saturated heterocycles. The van der Waals surface area contributed by atoms with Gasteiger partial charge >= 0.3 is 5.97 Å². The van der Waals surface area contributed by atoms with E-state index in [0.717, 1.165) is 21.3 Å². The number of ether oxygens (including phenoxy) is 1. The number of non-ortho nitro benzene ring substituents is 1. The number of fused-ring (bicyclic) bond motifs is 2. The van der Waals surface area contributed by atoms with E-state index in [-0.39, 0.29) is 46.7 Å². The van der Waals surface area contributed by atoms with Gasteiger partial charge in [0.25, 0.3) is 21.7 Å². The molecular formula is C32H32N4O10S3. The van der Waals surface area contributed by atoms with E-state index >= 15 is 0 Å². The van der Waals surface area contributed by atoms with Crippen molar-refractivity contribution >= 4 is 72.5 Å². The van der Waals surface area contributed by atoms with Gasteiger partial charge in [0.15, 0.2) is 0 Å². The van der Waals surface area contributed by atoms with Gasteiger partial charge in [-0.25, -0.2) is 4.79 Å².